The lowest BCUT2D eigenvalue weighted by molar-refractivity contribution is -0.139. The van der Waals surface area contributed by atoms with Crippen LogP contribution >= 0.6 is 0 Å². The Bertz CT molecular complexity index is 919. The maximum atomic E-state index is 12.9. The average molecular weight is 393 g/mol. The maximum Gasteiger partial charge on any atom is 0.276 e. The number of hydrogen-bond acceptors (Lipinski definition) is 4. The number of nitrogens with zero attached hydrogens (tertiary/aromatic N) is 5. The van der Waals surface area contributed by atoms with Crippen molar-refractivity contribution in [3.63, 3.8) is 0 Å². The molecule has 3 heterocycles. The first-order valence-electron chi connectivity index (χ1n) is 10.8. The van der Waals surface area contributed by atoms with Gasteiger partial charge in [-0.05, 0) is 43.2 Å². The van der Waals surface area contributed by atoms with E-state index in [-0.39, 0.29) is 17.9 Å². The van der Waals surface area contributed by atoms with Crippen molar-refractivity contribution in [3.05, 3.63) is 47.3 Å². The third-order valence-electron chi connectivity index (χ3n) is 6.69. The van der Waals surface area contributed by atoms with Crippen LogP contribution in [-0.4, -0.2) is 55.7 Å². The molecule has 7 heteroatoms. The summed E-state index contributed by atoms with van der Waals surface area (Å²) in [4.78, 5) is 29.5. The molecule has 0 N–H and O–H groups in total. The first-order chi connectivity index (χ1) is 14.2. The Balaban J connectivity index is 1.24. The predicted octanol–water partition coefficient (Wildman–Crippen LogP) is 2.27. The molecule has 0 spiro atoms. The van der Waals surface area contributed by atoms with Crippen molar-refractivity contribution in [1.29, 1.82) is 0 Å². The predicted molar refractivity (Wildman–Crippen MR) is 107 cm³/mol. The van der Waals surface area contributed by atoms with Crippen LogP contribution in [0.25, 0.3) is 0 Å². The Morgan fingerprint density at radius 1 is 1.03 bits per heavy atom. The van der Waals surface area contributed by atoms with E-state index in [4.69, 9.17) is 0 Å². The first kappa shape index (κ1) is 18.3. The maximum absolute atomic E-state index is 12.9. The number of aromatic nitrogens is 3. The molecule has 1 aliphatic carbocycles. The fourth-order valence-corrected chi connectivity index (χ4v) is 4.74. The molecule has 0 bridgehead atoms. The zero-order valence-corrected chi connectivity index (χ0v) is 16.7. The summed E-state index contributed by atoms with van der Waals surface area (Å²) in [6, 6.07) is 8.44. The van der Waals surface area contributed by atoms with Crippen molar-refractivity contribution >= 4 is 11.8 Å². The van der Waals surface area contributed by atoms with E-state index in [0.29, 0.717) is 31.2 Å². The summed E-state index contributed by atoms with van der Waals surface area (Å²) in [6.07, 6.45) is 7.88. The van der Waals surface area contributed by atoms with E-state index < -0.39 is 0 Å². The lowest BCUT2D eigenvalue weighted by Crippen LogP contribution is -2.43. The standard InChI is InChI=1S/C22H27N5O2/c28-21(17-7-3-8-17)27-11-4-9-19(27)14-26-15-20(23-24-26)22(29)25-12-10-16-5-1-2-6-18(16)13-25/h1-2,5-6,15,17,19H,3-4,7-14H2/t19-/m0/s1. The minimum Gasteiger partial charge on any atom is -0.338 e. The minimum atomic E-state index is -0.0698. The number of likely N-dealkylation sites (tertiary alicyclic amines) is 1. The van der Waals surface area contributed by atoms with Crippen LogP contribution in [0.1, 0.15) is 53.7 Å². The zero-order valence-electron chi connectivity index (χ0n) is 16.7. The van der Waals surface area contributed by atoms with E-state index >= 15 is 0 Å². The summed E-state index contributed by atoms with van der Waals surface area (Å²) >= 11 is 0. The number of amides is 2. The third-order valence-corrected chi connectivity index (χ3v) is 6.69. The summed E-state index contributed by atoms with van der Waals surface area (Å²) < 4.78 is 1.74. The van der Waals surface area contributed by atoms with E-state index in [1.165, 1.54) is 17.5 Å². The Morgan fingerprint density at radius 2 is 1.86 bits per heavy atom. The van der Waals surface area contributed by atoms with Gasteiger partial charge in [0.2, 0.25) is 5.91 Å². The van der Waals surface area contributed by atoms with Gasteiger partial charge in [0, 0.05) is 25.6 Å². The number of carbonyl (C=O) groups excluding carboxylic acids is 2. The van der Waals surface area contributed by atoms with Crippen molar-refractivity contribution in [2.24, 2.45) is 5.92 Å². The van der Waals surface area contributed by atoms with Crippen molar-refractivity contribution in [2.75, 3.05) is 13.1 Å². The van der Waals surface area contributed by atoms with Crippen molar-refractivity contribution in [1.82, 2.24) is 24.8 Å². The lowest BCUT2D eigenvalue weighted by Gasteiger charge is -2.32. The van der Waals surface area contributed by atoms with Gasteiger partial charge >= 0.3 is 0 Å². The van der Waals surface area contributed by atoms with Gasteiger partial charge in [0.15, 0.2) is 5.69 Å². The molecule has 29 heavy (non-hydrogen) atoms. The van der Waals surface area contributed by atoms with Crippen molar-refractivity contribution < 1.29 is 9.59 Å². The summed E-state index contributed by atoms with van der Waals surface area (Å²) in [6.45, 7) is 2.78. The molecule has 1 aromatic heterocycles. The topological polar surface area (TPSA) is 71.3 Å². The minimum absolute atomic E-state index is 0.0698. The monoisotopic (exact) mass is 393 g/mol. The number of hydrogen-bond donors (Lipinski definition) is 0. The normalized spacial score (nSPS) is 21.7. The molecule has 2 fully saturated rings. The Kier molecular flexibility index (Phi) is 4.81. The quantitative estimate of drug-likeness (QED) is 0.799. The van der Waals surface area contributed by atoms with E-state index in [2.05, 4.69) is 22.4 Å². The molecule has 1 atom stereocenters. The van der Waals surface area contributed by atoms with E-state index in [1.807, 2.05) is 21.9 Å². The molecule has 1 aromatic carbocycles. The molecule has 5 rings (SSSR count). The summed E-state index contributed by atoms with van der Waals surface area (Å²) in [5, 5.41) is 8.33. The van der Waals surface area contributed by atoms with Crippen LogP contribution < -0.4 is 0 Å². The molecular weight excluding hydrogens is 366 g/mol. The SMILES string of the molecule is O=C(c1cn(C[C@@H]2CCCN2C(=O)C2CCC2)nn1)N1CCc2ccccc2C1. The highest BCUT2D eigenvalue weighted by molar-refractivity contribution is 5.92. The molecule has 2 aliphatic heterocycles. The first-order valence-corrected chi connectivity index (χ1v) is 10.8. The van der Waals surface area contributed by atoms with Crippen LogP contribution in [0.5, 0.6) is 0 Å². The highest BCUT2D eigenvalue weighted by atomic mass is 16.2. The lowest BCUT2D eigenvalue weighted by atomic mass is 9.84. The molecule has 1 saturated heterocycles. The third kappa shape index (κ3) is 3.54. The van der Waals surface area contributed by atoms with E-state index in [0.717, 1.165) is 38.6 Å². The Hall–Kier alpha value is -2.70. The van der Waals surface area contributed by atoms with E-state index in [9.17, 15) is 9.59 Å². The average Bonchev–Trinajstić information content (AvgIpc) is 3.35. The molecular formula is C22H27N5O2. The summed E-state index contributed by atoms with van der Waals surface area (Å²) in [5.74, 6) is 0.465. The largest absolute Gasteiger partial charge is 0.338 e. The molecule has 7 nitrogen and oxygen atoms in total. The fourth-order valence-electron chi connectivity index (χ4n) is 4.74. The molecule has 152 valence electrons. The van der Waals surface area contributed by atoms with Crippen LogP contribution in [0.15, 0.2) is 30.5 Å². The fraction of sp³-hybridized carbons (Fsp3) is 0.545. The second kappa shape index (κ2) is 7.61. The van der Waals surface area contributed by atoms with Gasteiger partial charge in [-0.2, -0.15) is 0 Å². The van der Waals surface area contributed by atoms with Gasteiger partial charge < -0.3 is 9.80 Å². The summed E-state index contributed by atoms with van der Waals surface area (Å²) in [5.41, 5.74) is 2.91. The Labute approximate surface area is 170 Å². The molecule has 0 unspecified atom stereocenters. The van der Waals surface area contributed by atoms with Crippen molar-refractivity contribution in [2.45, 2.75) is 57.7 Å². The molecule has 2 amide bonds. The highest BCUT2D eigenvalue weighted by Crippen LogP contribution is 2.31. The van der Waals surface area contributed by atoms with E-state index in [1.54, 1.807) is 10.9 Å². The Morgan fingerprint density at radius 3 is 2.66 bits per heavy atom. The molecule has 0 radical (unpaired) electrons. The van der Waals surface area contributed by atoms with Gasteiger partial charge in [-0.1, -0.05) is 35.9 Å². The van der Waals surface area contributed by atoms with Crippen molar-refractivity contribution in [3.8, 4) is 0 Å². The second-order valence-electron chi connectivity index (χ2n) is 8.53. The van der Waals surface area contributed by atoms with Gasteiger partial charge in [-0.25, -0.2) is 4.68 Å². The second-order valence-corrected chi connectivity index (χ2v) is 8.53. The zero-order chi connectivity index (χ0) is 19.8. The molecule has 3 aliphatic rings. The van der Waals surface area contributed by atoms with Crippen LogP contribution in [0, 0.1) is 5.92 Å². The van der Waals surface area contributed by atoms with Gasteiger partial charge in [-0.3, -0.25) is 9.59 Å². The van der Waals surface area contributed by atoms with Crippen LogP contribution in [-0.2, 0) is 24.3 Å². The smallest absolute Gasteiger partial charge is 0.276 e. The van der Waals surface area contributed by atoms with Crippen LogP contribution in [0.3, 0.4) is 0 Å². The number of carbonyl (C=O) groups is 2. The van der Waals surface area contributed by atoms with Gasteiger partial charge in [-0.15, -0.1) is 5.10 Å². The van der Waals surface area contributed by atoms with Crippen LogP contribution in [0.4, 0.5) is 0 Å². The van der Waals surface area contributed by atoms with Gasteiger partial charge in [0.25, 0.3) is 5.91 Å². The molecule has 1 saturated carbocycles. The number of rotatable bonds is 4. The number of fused-ring (bicyclic) bond motifs is 1. The summed E-state index contributed by atoms with van der Waals surface area (Å²) in [7, 11) is 0. The van der Waals surface area contributed by atoms with Gasteiger partial charge in [0.1, 0.15) is 0 Å². The highest BCUT2D eigenvalue weighted by Gasteiger charge is 2.36. The number of benzene rings is 1. The van der Waals surface area contributed by atoms with Gasteiger partial charge in [0.05, 0.1) is 18.8 Å². The van der Waals surface area contributed by atoms with Crippen LogP contribution in [0.2, 0.25) is 0 Å². The molecule has 2 aromatic rings.